The molecule has 10 rings (SSSR count). The van der Waals surface area contributed by atoms with Crippen LogP contribution in [0.4, 0.5) is 0 Å². The van der Waals surface area contributed by atoms with Crippen molar-refractivity contribution < 1.29 is 9.13 Å². The molecule has 8 aromatic carbocycles. The summed E-state index contributed by atoms with van der Waals surface area (Å²) in [6.45, 7) is 10.3. The van der Waals surface area contributed by atoms with E-state index in [2.05, 4.69) is 268 Å². The van der Waals surface area contributed by atoms with Crippen molar-refractivity contribution in [1.82, 2.24) is 0 Å². The first-order valence-electron chi connectivity index (χ1n) is 23.1. The van der Waals surface area contributed by atoms with Crippen molar-refractivity contribution in [3.8, 4) is 89.0 Å². The molecule has 66 heavy (non-hydrogen) atoms. The Morgan fingerprint density at radius 2 is 0.500 bits per heavy atom. The minimum atomic E-state index is 0.835. The van der Waals surface area contributed by atoms with Crippen LogP contribution in [0.15, 0.2) is 231 Å². The highest BCUT2D eigenvalue weighted by atomic mass is 15.0. The lowest BCUT2D eigenvalue weighted by atomic mass is 9.84. The summed E-state index contributed by atoms with van der Waals surface area (Å²) < 4.78 is 4.60. The van der Waals surface area contributed by atoms with Crippen molar-refractivity contribution in [3.63, 3.8) is 0 Å². The topological polar surface area (TPSA) is 7.76 Å². The summed E-state index contributed by atoms with van der Waals surface area (Å²) in [6.07, 6.45) is 8.96. The maximum atomic E-state index is 2.37. The molecule has 0 saturated carbocycles. The minimum Gasteiger partial charge on any atom is -0.198 e. The van der Waals surface area contributed by atoms with E-state index in [0.717, 1.165) is 13.1 Å². The Kier molecular flexibility index (Phi) is 11.9. The van der Waals surface area contributed by atoms with Crippen molar-refractivity contribution in [2.45, 2.75) is 40.8 Å². The standard InChI is InChI=1S/C64H54N2/c1-45-15-23-51(24-16-45)59-41-57(49-11-7-5-8-12-49)42-60(52-25-17-46(2)18-26-52)63(59)55-31-35-65(36-32-55)39-40-66-37-33-56(34-38-66)64-61(53-27-19-47(3)20-28-53)43-58(50-13-9-6-10-14-50)44-62(64)54-29-21-48(4)22-30-54/h5-38,41-44H,39-40H2,1-4H3/q+2. The lowest BCUT2D eigenvalue weighted by molar-refractivity contribution is -0.778. The highest BCUT2D eigenvalue weighted by Crippen LogP contribution is 2.45. The van der Waals surface area contributed by atoms with Gasteiger partial charge < -0.3 is 0 Å². The molecule has 0 aliphatic carbocycles. The van der Waals surface area contributed by atoms with Crippen molar-refractivity contribution in [1.29, 1.82) is 0 Å². The molecule has 10 aromatic rings. The zero-order valence-corrected chi connectivity index (χ0v) is 38.2. The van der Waals surface area contributed by atoms with E-state index in [-0.39, 0.29) is 0 Å². The van der Waals surface area contributed by atoms with Gasteiger partial charge in [0.05, 0.1) is 0 Å². The predicted octanol–water partition coefficient (Wildman–Crippen LogP) is 15.5. The molecule has 2 nitrogen and oxygen atoms in total. The quantitative estimate of drug-likeness (QED) is 0.115. The van der Waals surface area contributed by atoms with Crippen molar-refractivity contribution >= 4 is 0 Å². The van der Waals surface area contributed by atoms with E-state index in [1.165, 1.54) is 111 Å². The predicted molar refractivity (Wildman–Crippen MR) is 276 cm³/mol. The number of pyridine rings is 2. The maximum Gasteiger partial charge on any atom is 0.206 e. The zero-order valence-electron chi connectivity index (χ0n) is 38.2. The molecule has 0 fully saturated rings. The molecule has 0 spiro atoms. The van der Waals surface area contributed by atoms with E-state index in [4.69, 9.17) is 0 Å². The van der Waals surface area contributed by atoms with Gasteiger partial charge in [0, 0.05) is 24.3 Å². The van der Waals surface area contributed by atoms with Gasteiger partial charge in [-0.1, -0.05) is 180 Å². The fourth-order valence-corrected chi connectivity index (χ4v) is 9.12. The molecule has 0 unspecified atom stereocenters. The Labute approximate surface area is 390 Å². The van der Waals surface area contributed by atoms with E-state index < -0.39 is 0 Å². The van der Waals surface area contributed by atoms with Crippen LogP contribution in [0.1, 0.15) is 22.3 Å². The van der Waals surface area contributed by atoms with E-state index in [9.17, 15) is 0 Å². The third kappa shape index (κ3) is 9.05. The minimum absolute atomic E-state index is 0.835. The Bertz CT molecular complexity index is 2880. The van der Waals surface area contributed by atoms with Gasteiger partial charge >= 0.3 is 0 Å². The van der Waals surface area contributed by atoms with Gasteiger partial charge in [0.2, 0.25) is 13.1 Å². The lowest BCUT2D eigenvalue weighted by Crippen LogP contribution is -2.43. The molecule has 0 radical (unpaired) electrons. The van der Waals surface area contributed by atoms with Crippen LogP contribution in [0.3, 0.4) is 0 Å². The summed E-state index contributed by atoms with van der Waals surface area (Å²) in [6, 6.07) is 76.0. The van der Waals surface area contributed by atoms with E-state index in [1.807, 2.05) is 0 Å². The monoisotopic (exact) mass is 850 g/mol. The number of benzene rings is 8. The van der Waals surface area contributed by atoms with Gasteiger partial charge in [0.1, 0.15) is 0 Å². The summed E-state index contributed by atoms with van der Waals surface area (Å²) in [5, 5.41) is 0. The summed E-state index contributed by atoms with van der Waals surface area (Å²) in [7, 11) is 0. The Morgan fingerprint density at radius 3 is 0.758 bits per heavy atom. The van der Waals surface area contributed by atoms with E-state index >= 15 is 0 Å². The fourth-order valence-electron chi connectivity index (χ4n) is 9.12. The number of hydrogen-bond acceptors (Lipinski definition) is 0. The SMILES string of the molecule is Cc1ccc(-c2cc(-c3ccccc3)cc(-c3ccc(C)cc3)c2-c2cc[n+](CC[n+]3ccc(-c4c(-c5ccc(C)cc5)cc(-c5ccccc5)cc4-c4ccc(C)cc4)cc3)cc2)cc1. The van der Waals surface area contributed by atoms with Gasteiger partial charge in [-0.3, -0.25) is 0 Å². The van der Waals surface area contributed by atoms with Gasteiger partial charge in [0.15, 0.2) is 24.8 Å². The van der Waals surface area contributed by atoms with Crippen LogP contribution in [0.2, 0.25) is 0 Å². The number of hydrogen-bond donors (Lipinski definition) is 0. The molecule has 2 heteroatoms. The van der Waals surface area contributed by atoms with Gasteiger partial charge in [0.25, 0.3) is 0 Å². The molecule has 2 aromatic heterocycles. The average Bonchev–Trinajstić information content (AvgIpc) is 3.37. The van der Waals surface area contributed by atoms with Gasteiger partial charge in [-0.2, -0.15) is 9.13 Å². The molecule has 0 amide bonds. The molecular formula is C64H54N2+2. The molecular weight excluding hydrogens is 797 g/mol. The number of aromatic nitrogens is 2. The fraction of sp³-hybridized carbons (Fsp3) is 0.0938. The van der Waals surface area contributed by atoms with Crippen molar-refractivity contribution in [3.05, 3.63) is 253 Å². The van der Waals surface area contributed by atoms with Crippen LogP contribution in [0, 0.1) is 27.7 Å². The second-order valence-electron chi connectivity index (χ2n) is 17.7. The molecule has 0 aliphatic heterocycles. The van der Waals surface area contributed by atoms with Crippen LogP contribution in [-0.4, -0.2) is 0 Å². The first-order chi connectivity index (χ1) is 32.3. The molecule has 0 aliphatic rings. The summed E-state index contributed by atoms with van der Waals surface area (Å²) in [4.78, 5) is 0. The summed E-state index contributed by atoms with van der Waals surface area (Å²) >= 11 is 0. The molecule has 0 bridgehead atoms. The first kappa shape index (κ1) is 42.0. The van der Waals surface area contributed by atoms with Gasteiger partial charge in [-0.25, -0.2) is 0 Å². The molecule has 318 valence electrons. The zero-order chi connectivity index (χ0) is 45.0. The van der Waals surface area contributed by atoms with Crippen molar-refractivity contribution in [2.75, 3.05) is 0 Å². The average molecular weight is 851 g/mol. The number of nitrogens with zero attached hydrogens (tertiary/aromatic N) is 2. The van der Waals surface area contributed by atoms with Crippen LogP contribution in [0.5, 0.6) is 0 Å². The van der Waals surface area contributed by atoms with E-state index in [1.54, 1.807) is 0 Å². The first-order valence-corrected chi connectivity index (χ1v) is 23.1. The largest absolute Gasteiger partial charge is 0.206 e. The molecule has 2 heterocycles. The summed E-state index contributed by atoms with van der Waals surface area (Å²) in [5.74, 6) is 0. The van der Waals surface area contributed by atoms with Crippen LogP contribution in [0.25, 0.3) is 89.0 Å². The van der Waals surface area contributed by atoms with Crippen LogP contribution < -0.4 is 9.13 Å². The highest BCUT2D eigenvalue weighted by molar-refractivity contribution is 5.99. The summed E-state index contributed by atoms with van der Waals surface area (Å²) in [5.41, 5.74) is 24.5. The Morgan fingerprint density at radius 1 is 0.242 bits per heavy atom. The van der Waals surface area contributed by atoms with Crippen molar-refractivity contribution in [2.24, 2.45) is 0 Å². The van der Waals surface area contributed by atoms with Crippen LogP contribution in [-0.2, 0) is 13.1 Å². The molecule has 0 atom stereocenters. The third-order valence-corrected chi connectivity index (χ3v) is 12.9. The maximum absolute atomic E-state index is 2.37. The smallest absolute Gasteiger partial charge is 0.198 e. The highest BCUT2D eigenvalue weighted by Gasteiger charge is 2.21. The second-order valence-corrected chi connectivity index (χ2v) is 17.7. The van der Waals surface area contributed by atoms with Gasteiger partial charge in [-0.05, 0) is 141 Å². The number of rotatable bonds is 11. The Balaban J connectivity index is 0.988. The third-order valence-electron chi connectivity index (χ3n) is 12.9. The second kappa shape index (κ2) is 18.6. The number of aryl methyl sites for hydroxylation is 6. The van der Waals surface area contributed by atoms with Crippen LogP contribution >= 0.6 is 0 Å². The van der Waals surface area contributed by atoms with Gasteiger partial charge in [-0.15, -0.1) is 0 Å². The molecule has 0 N–H and O–H groups in total. The van der Waals surface area contributed by atoms with E-state index in [0.29, 0.717) is 0 Å². The lowest BCUT2D eigenvalue weighted by Gasteiger charge is -2.19. The normalized spacial score (nSPS) is 11.2. The molecule has 0 saturated heterocycles. The Hall–Kier alpha value is -7.94.